The van der Waals surface area contributed by atoms with Gasteiger partial charge in [0.05, 0.1) is 16.7 Å². The third-order valence-electron chi connectivity index (χ3n) is 8.44. The number of pyridine rings is 3. The molecule has 0 N–H and O–H groups in total. The van der Waals surface area contributed by atoms with E-state index >= 15 is 0 Å². The molecule has 0 bridgehead atoms. The SMILES string of the molecule is C1=Cc2c(-c3ccn4c(c3)nc3c5ccccc5nc(-c5ccc6ccccc6n5)c34)cc3ccccc3c2CC1. The van der Waals surface area contributed by atoms with Crippen molar-refractivity contribution in [3.63, 3.8) is 0 Å². The lowest BCUT2D eigenvalue weighted by molar-refractivity contribution is 0.998. The van der Waals surface area contributed by atoms with Crippen LogP contribution in [0, 0.1) is 0 Å². The first-order valence-electron chi connectivity index (χ1n) is 14.1. The van der Waals surface area contributed by atoms with E-state index in [9.17, 15) is 0 Å². The number of hydrogen-bond acceptors (Lipinski definition) is 3. The van der Waals surface area contributed by atoms with Crippen LogP contribution in [0.25, 0.3) is 77.8 Å². The van der Waals surface area contributed by atoms with E-state index in [0.717, 1.165) is 62.7 Å². The van der Waals surface area contributed by atoms with Crippen LogP contribution < -0.4 is 0 Å². The molecule has 9 rings (SSSR count). The second kappa shape index (κ2) is 8.57. The molecule has 4 heteroatoms. The van der Waals surface area contributed by atoms with Crippen LogP contribution in [-0.4, -0.2) is 19.4 Å². The van der Waals surface area contributed by atoms with Gasteiger partial charge in [0.25, 0.3) is 0 Å². The summed E-state index contributed by atoms with van der Waals surface area (Å²) < 4.78 is 2.17. The normalized spacial score (nSPS) is 13.1. The topological polar surface area (TPSA) is 43.1 Å². The Bertz CT molecular complexity index is 2380. The fourth-order valence-corrected chi connectivity index (χ4v) is 6.51. The number of aryl methyl sites for hydroxylation is 1. The standard InChI is InChI=1S/C37H24N4/c1-3-11-26-24(10-1)21-30(28-13-5-4-12-27(26)28)25-19-20-41-34(22-25)40-35-29-14-6-8-16-32(29)39-36(37(35)41)33-18-17-23-9-2-7-15-31(23)38-33/h1-3,5-11,13-22H,4,12H2. The first kappa shape index (κ1) is 22.5. The first-order chi connectivity index (χ1) is 20.3. The Hall–Kier alpha value is -5.35. The van der Waals surface area contributed by atoms with Gasteiger partial charge in [0.1, 0.15) is 22.4 Å². The van der Waals surface area contributed by atoms with Crippen LogP contribution in [0.4, 0.5) is 0 Å². The van der Waals surface area contributed by atoms with E-state index in [4.69, 9.17) is 15.0 Å². The molecule has 4 heterocycles. The highest BCUT2D eigenvalue weighted by atomic mass is 15.0. The Kier molecular flexibility index (Phi) is 4.70. The van der Waals surface area contributed by atoms with E-state index in [-0.39, 0.29) is 0 Å². The van der Waals surface area contributed by atoms with E-state index in [0.29, 0.717) is 0 Å². The lowest BCUT2D eigenvalue weighted by Gasteiger charge is -2.18. The Labute approximate surface area is 236 Å². The summed E-state index contributed by atoms with van der Waals surface area (Å²) in [6.45, 7) is 0. The van der Waals surface area contributed by atoms with E-state index < -0.39 is 0 Å². The zero-order valence-electron chi connectivity index (χ0n) is 22.3. The average Bonchev–Trinajstić information content (AvgIpc) is 3.43. The van der Waals surface area contributed by atoms with Gasteiger partial charge in [0.2, 0.25) is 0 Å². The number of aromatic nitrogens is 4. The van der Waals surface area contributed by atoms with E-state index in [1.54, 1.807) is 0 Å². The summed E-state index contributed by atoms with van der Waals surface area (Å²) in [6.07, 6.45) is 8.89. The van der Waals surface area contributed by atoms with Crippen LogP contribution in [-0.2, 0) is 6.42 Å². The highest BCUT2D eigenvalue weighted by Gasteiger charge is 2.20. The molecule has 0 aliphatic heterocycles. The van der Waals surface area contributed by atoms with Gasteiger partial charge >= 0.3 is 0 Å². The van der Waals surface area contributed by atoms with Crippen molar-refractivity contribution >= 4 is 55.3 Å². The molecule has 0 saturated heterocycles. The number of para-hydroxylation sites is 2. The molecule has 0 amide bonds. The maximum atomic E-state index is 5.23. The largest absolute Gasteiger partial charge is 0.298 e. The van der Waals surface area contributed by atoms with Gasteiger partial charge in [-0.3, -0.25) is 4.40 Å². The van der Waals surface area contributed by atoms with E-state index in [2.05, 4.69) is 108 Å². The molecule has 4 aromatic carbocycles. The van der Waals surface area contributed by atoms with Crippen LogP contribution in [0.3, 0.4) is 0 Å². The lowest BCUT2D eigenvalue weighted by Crippen LogP contribution is -1.99. The Morgan fingerprint density at radius 2 is 1.46 bits per heavy atom. The molecule has 0 fully saturated rings. The third kappa shape index (κ3) is 3.37. The third-order valence-corrected chi connectivity index (χ3v) is 8.44. The number of allylic oxidation sites excluding steroid dienone is 1. The number of imidazole rings is 1. The van der Waals surface area contributed by atoms with Crippen molar-refractivity contribution in [1.29, 1.82) is 0 Å². The lowest BCUT2D eigenvalue weighted by atomic mass is 9.86. The van der Waals surface area contributed by atoms with Gasteiger partial charge in [-0.15, -0.1) is 0 Å². The zero-order valence-corrected chi connectivity index (χ0v) is 22.3. The first-order valence-corrected chi connectivity index (χ1v) is 14.1. The van der Waals surface area contributed by atoms with Gasteiger partial charge in [-0.1, -0.05) is 78.9 Å². The van der Waals surface area contributed by atoms with Gasteiger partial charge in [0, 0.05) is 17.0 Å². The molecule has 41 heavy (non-hydrogen) atoms. The van der Waals surface area contributed by atoms with Crippen molar-refractivity contribution in [3.8, 4) is 22.5 Å². The van der Waals surface area contributed by atoms with E-state index in [1.165, 1.54) is 33.0 Å². The molecule has 1 aliphatic rings. The molecule has 0 unspecified atom stereocenters. The maximum absolute atomic E-state index is 5.23. The minimum absolute atomic E-state index is 0.843. The molecular formula is C37H24N4. The van der Waals surface area contributed by atoms with Gasteiger partial charge in [-0.05, 0) is 82.3 Å². The fourth-order valence-electron chi connectivity index (χ4n) is 6.51. The number of rotatable bonds is 2. The van der Waals surface area contributed by atoms with E-state index in [1.807, 2.05) is 18.2 Å². The number of nitrogens with zero attached hydrogens (tertiary/aromatic N) is 4. The Morgan fingerprint density at radius 3 is 2.39 bits per heavy atom. The van der Waals surface area contributed by atoms with Gasteiger partial charge in [-0.25, -0.2) is 15.0 Å². The molecule has 1 aliphatic carbocycles. The number of fused-ring (bicyclic) bond motifs is 9. The summed E-state index contributed by atoms with van der Waals surface area (Å²) in [5.41, 5.74) is 11.6. The van der Waals surface area contributed by atoms with Crippen molar-refractivity contribution in [2.75, 3.05) is 0 Å². The van der Waals surface area contributed by atoms with Crippen LogP contribution in [0.5, 0.6) is 0 Å². The summed E-state index contributed by atoms with van der Waals surface area (Å²) >= 11 is 0. The molecule has 8 aromatic rings. The second-order valence-corrected chi connectivity index (χ2v) is 10.8. The van der Waals surface area contributed by atoms with Crippen LogP contribution in [0.1, 0.15) is 17.5 Å². The Morgan fingerprint density at radius 1 is 0.659 bits per heavy atom. The average molecular weight is 525 g/mol. The minimum Gasteiger partial charge on any atom is -0.298 e. The van der Waals surface area contributed by atoms with Crippen molar-refractivity contribution < 1.29 is 0 Å². The maximum Gasteiger partial charge on any atom is 0.138 e. The smallest absolute Gasteiger partial charge is 0.138 e. The molecule has 192 valence electrons. The molecule has 4 aromatic heterocycles. The minimum atomic E-state index is 0.843. The molecular weight excluding hydrogens is 500 g/mol. The second-order valence-electron chi connectivity index (χ2n) is 10.8. The van der Waals surface area contributed by atoms with Crippen molar-refractivity contribution in [2.45, 2.75) is 12.8 Å². The Balaban J connectivity index is 1.33. The quantitative estimate of drug-likeness (QED) is 0.227. The summed E-state index contributed by atoms with van der Waals surface area (Å²) in [5, 5.41) is 4.80. The summed E-state index contributed by atoms with van der Waals surface area (Å²) in [4.78, 5) is 15.4. The summed E-state index contributed by atoms with van der Waals surface area (Å²) in [5.74, 6) is 0. The predicted octanol–water partition coefficient (Wildman–Crippen LogP) is 9.03. The van der Waals surface area contributed by atoms with Crippen LogP contribution in [0.15, 0.2) is 115 Å². The fraction of sp³-hybridized carbons (Fsp3) is 0.0541. The van der Waals surface area contributed by atoms with Gasteiger partial charge in [0.15, 0.2) is 0 Å². The molecule has 0 spiro atoms. The van der Waals surface area contributed by atoms with Crippen molar-refractivity contribution in [3.05, 3.63) is 127 Å². The van der Waals surface area contributed by atoms with Gasteiger partial charge < -0.3 is 0 Å². The molecule has 0 radical (unpaired) electrons. The van der Waals surface area contributed by atoms with Gasteiger partial charge in [-0.2, -0.15) is 0 Å². The molecule has 4 nitrogen and oxygen atoms in total. The van der Waals surface area contributed by atoms with Crippen LogP contribution in [0.2, 0.25) is 0 Å². The highest BCUT2D eigenvalue weighted by Crippen LogP contribution is 2.38. The summed E-state index contributed by atoms with van der Waals surface area (Å²) in [7, 11) is 0. The predicted molar refractivity (Wildman–Crippen MR) is 169 cm³/mol. The van der Waals surface area contributed by atoms with Crippen molar-refractivity contribution in [2.24, 2.45) is 0 Å². The molecule has 0 saturated carbocycles. The number of benzene rings is 4. The summed E-state index contributed by atoms with van der Waals surface area (Å²) in [6, 6.07) is 36.2. The van der Waals surface area contributed by atoms with Crippen molar-refractivity contribution in [1.82, 2.24) is 19.4 Å². The van der Waals surface area contributed by atoms with Crippen LogP contribution >= 0.6 is 0 Å². The highest BCUT2D eigenvalue weighted by molar-refractivity contribution is 6.09. The molecule has 0 atom stereocenters. The number of hydrogen-bond donors (Lipinski definition) is 0. The monoisotopic (exact) mass is 524 g/mol. The zero-order chi connectivity index (χ0) is 26.9.